The topological polar surface area (TPSA) is 32.9 Å². The lowest BCUT2D eigenvalue weighted by Crippen LogP contribution is -2.20. The Morgan fingerprint density at radius 2 is 1.79 bits per heavy atom. The minimum atomic E-state index is -4.78. The average Bonchev–Trinajstić information content (AvgIpc) is 2.30. The Kier molecular flexibility index (Phi) is 3.60. The maximum atomic E-state index is 12.9. The standard InChI is InChI=1S/C12H6Cl2F3NO/c13-6-1-2-8(14)7(5-6)11-10(12(15,16)17)9(19)3-4-18-11/h1-5H,(H,18,19). The fourth-order valence-electron chi connectivity index (χ4n) is 1.66. The van der Waals surface area contributed by atoms with Crippen molar-refractivity contribution in [2.24, 2.45) is 0 Å². The first kappa shape index (κ1) is 14.0. The number of hydrogen-bond donors (Lipinski definition) is 1. The summed E-state index contributed by atoms with van der Waals surface area (Å²) < 4.78 is 38.8. The number of alkyl halides is 3. The van der Waals surface area contributed by atoms with Crippen LogP contribution in [0.3, 0.4) is 0 Å². The van der Waals surface area contributed by atoms with Gasteiger partial charge in [0.05, 0.1) is 5.69 Å². The van der Waals surface area contributed by atoms with E-state index in [1.54, 1.807) is 0 Å². The number of benzene rings is 1. The average molecular weight is 308 g/mol. The minimum absolute atomic E-state index is 0.0270. The lowest BCUT2D eigenvalue weighted by molar-refractivity contribution is -0.138. The Bertz CT molecular complexity index is 679. The van der Waals surface area contributed by atoms with Crippen LogP contribution in [0.4, 0.5) is 13.2 Å². The van der Waals surface area contributed by atoms with E-state index in [9.17, 15) is 18.0 Å². The van der Waals surface area contributed by atoms with Gasteiger partial charge in [-0.05, 0) is 18.2 Å². The van der Waals surface area contributed by atoms with E-state index in [2.05, 4.69) is 4.98 Å². The van der Waals surface area contributed by atoms with E-state index in [-0.39, 0.29) is 15.6 Å². The number of nitrogens with one attached hydrogen (secondary N) is 1. The molecule has 1 aromatic heterocycles. The first-order valence-corrected chi connectivity index (χ1v) is 5.80. The van der Waals surface area contributed by atoms with Crippen LogP contribution < -0.4 is 5.43 Å². The molecule has 0 bridgehead atoms. The van der Waals surface area contributed by atoms with Crippen LogP contribution in [0.25, 0.3) is 11.3 Å². The number of aromatic nitrogens is 1. The van der Waals surface area contributed by atoms with Crippen molar-refractivity contribution in [2.45, 2.75) is 6.18 Å². The first-order valence-electron chi connectivity index (χ1n) is 5.05. The van der Waals surface area contributed by atoms with Crippen molar-refractivity contribution in [1.29, 1.82) is 0 Å². The summed E-state index contributed by atoms with van der Waals surface area (Å²) in [5, 5.41) is 0.286. The van der Waals surface area contributed by atoms with Crippen molar-refractivity contribution in [3.05, 3.63) is 56.3 Å². The van der Waals surface area contributed by atoms with E-state index in [0.29, 0.717) is 0 Å². The normalized spacial score (nSPS) is 11.6. The fraction of sp³-hybridized carbons (Fsp3) is 0.0833. The second-order valence-electron chi connectivity index (χ2n) is 3.71. The molecule has 0 saturated carbocycles. The van der Waals surface area contributed by atoms with Gasteiger partial charge in [-0.25, -0.2) is 0 Å². The van der Waals surface area contributed by atoms with Crippen molar-refractivity contribution < 1.29 is 13.2 Å². The minimum Gasteiger partial charge on any atom is -0.360 e. The van der Waals surface area contributed by atoms with Gasteiger partial charge in [-0.15, -0.1) is 0 Å². The molecule has 2 nitrogen and oxygen atoms in total. The van der Waals surface area contributed by atoms with E-state index in [0.717, 1.165) is 12.3 Å². The Morgan fingerprint density at radius 3 is 2.42 bits per heavy atom. The largest absolute Gasteiger partial charge is 0.422 e. The highest BCUT2D eigenvalue weighted by molar-refractivity contribution is 6.35. The molecule has 1 heterocycles. The molecule has 0 aliphatic heterocycles. The lowest BCUT2D eigenvalue weighted by Gasteiger charge is -2.13. The van der Waals surface area contributed by atoms with E-state index < -0.39 is 22.9 Å². The molecule has 0 atom stereocenters. The van der Waals surface area contributed by atoms with Gasteiger partial charge >= 0.3 is 6.18 Å². The maximum Gasteiger partial charge on any atom is 0.422 e. The van der Waals surface area contributed by atoms with Gasteiger partial charge in [0.1, 0.15) is 5.56 Å². The highest BCUT2D eigenvalue weighted by Gasteiger charge is 2.37. The summed E-state index contributed by atoms with van der Waals surface area (Å²) in [6, 6.07) is 4.89. The van der Waals surface area contributed by atoms with Crippen LogP contribution in [0.2, 0.25) is 10.0 Å². The number of H-pyrrole nitrogens is 1. The third-order valence-electron chi connectivity index (χ3n) is 2.44. The summed E-state index contributed by atoms with van der Waals surface area (Å²) >= 11 is 11.6. The van der Waals surface area contributed by atoms with Gasteiger partial charge in [-0.3, -0.25) is 4.79 Å². The molecule has 0 spiro atoms. The molecule has 1 N–H and O–H groups in total. The van der Waals surface area contributed by atoms with Gasteiger partial charge in [-0.2, -0.15) is 13.2 Å². The van der Waals surface area contributed by atoms with Crippen molar-refractivity contribution in [2.75, 3.05) is 0 Å². The monoisotopic (exact) mass is 307 g/mol. The SMILES string of the molecule is O=c1cc[nH]c(-c2cc(Cl)ccc2Cl)c1C(F)(F)F. The van der Waals surface area contributed by atoms with Gasteiger partial charge in [0, 0.05) is 27.9 Å². The predicted molar refractivity (Wildman–Crippen MR) is 67.5 cm³/mol. The Hall–Kier alpha value is -1.46. The molecule has 100 valence electrons. The summed E-state index contributed by atoms with van der Waals surface area (Å²) in [4.78, 5) is 13.8. The van der Waals surface area contributed by atoms with Gasteiger partial charge in [0.2, 0.25) is 0 Å². The molecule has 0 fully saturated rings. The number of halogens is 5. The molecule has 2 rings (SSSR count). The van der Waals surface area contributed by atoms with Gasteiger partial charge in [0.25, 0.3) is 0 Å². The number of hydrogen-bond acceptors (Lipinski definition) is 1. The van der Waals surface area contributed by atoms with E-state index in [1.807, 2.05) is 0 Å². The van der Waals surface area contributed by atoms with Crippen LogP contribution in [0.15, 0.2) is 35.3 Å². The lowest BCUT2D eigenvalue weighted by atomic mass is 10.1. The summed E-state index contributed by atoms with van der Waals surface area (Å²) in [6.07, 6.45) is -3.65. The Labute approximate surface area is 115 Å². The molecule has 0 aliphatic carbocycles. The molecule has 0 aliphatic rings. The molecule has 7 heteroatoms. The molecule has 2 aromatic rings. The molecular formula is C12H6Cl2F3NO. The Balaban J connectivity index is 2.80. The van der Waals surface area contributed by atoms with Crippen LogP contribution in [0, 0.1) is 0 Å². The van der Waals surface area contributed by atoms with Crippen molar-refractivity contribution in [3.63, 3.8) is 0 Å². The Morgan fingerprint density at radius 1 is 1.11 bits per heavy atom. The maximum absolute atomic E-state index is 12.9. The smallest absolute Gasteiger partial charge is 0.360 e. The van der Waals surface area contributed by atoms with Crippen molar-refractivity contribution in [3.8, 4) is 11.3 Å². The molecule has 1 aromatic carbocycles. The predicted octanol–water partition coefficient (Wildman–Crippen LogP) is 4.37. The summed E-state index contributed by atoms with van der Waals surface area (Å²) in [5.41, 5.74) is -2.79. The van der Waals surface area contributed by atoms with Crippen LogP contribution in [0.1, 0.15) is 5.56 Å². The zero-order valence-corrected chi connectivity index (χ0v) is 10.7. The van der Waals surface area contributed by atoms with Crippen molar-refractivity contribution in [1.82, 2.24) is 4.98 Å². The van der Waals surface area contributed by atoms with Crippen LogP contribution in [-0.4, -0.2) is 4.98 Å². The van der Waals surface area contributed by atoms with Crippen molar-refractivity contribution >= 4 is 23.2 Å². The number of rotatable bonds is 1. The van der Waals surface area contributed by atoms with E-state index in [4.69, 9.17) is 23.2 Å². The quantitative estimate of drug-likeness (QED) is 0.834. The first-order chi connectivity index (χ1) is 8.80. The summed E-state index contributed by atoms with van der Waals surface area (Å²) in [7, 11) is 0. The third kappa shape index (κ3) is 2.77. The second-order valence-corrected chi connectivity index (χ2v) is 4.56. The van der Waals surface area contributed by atoms with E-state index in [1.165, 1.54) is 18.2 Å². The van der Waals surface area contributed by atoms with Gasteiger partial charge in [-0.1, -0.05) is 23.2 Å². The zero-order chi connectivity index (χ0) is 14.2. The molecule has 0 radical (unpaired) electrons. The van der Waals surface area contributed by atoms with Crippen LogP contribution in [0.5, 0.6) is 0 Å². The summed E-state index contributed by atoms with van der Waals surface area (Å²) in [6.45, 7) is 0. The number of aromatic amines is 1. The molecule has 0 amide bonds. The highest BCUT2D eigenvalue weighted by Crippen LogP contribution is 2.37. The van der Waals surface area contributed by atoms with Gasteiger partial charge in [0.15, 0.2) is 5.43 Å². The molecule has 0 unspecified atom stereocenters. The fourth-order valence-corrected chi connectivity index (χ4v) is 2.05. The highest BCUT2D eigenvalue weighted by atomic mass is 35.5. The van der Waals surface area contributed by atoms with E-state index >= 15 is 0 Å². The number of pyridine rings is 1. The summed E-state index contributed by atoms with van der Waals surface area (Å²) in [5.74, 6) is 0. The molecular weight excluding hydrogens is 302 g/mol. The molecule has 0 saturated heterocycles. The zero-order valence-electron chi connectivity index (χ0n) is 9.18. The second kappa shape index (κ2) is 4.90. The molecule has 19 heavy (non-hydrogen) atoms. The third-order valence-corrected chi connectivity index (χ3v) is 3.00. The van der Waals surface area contributed by atoms with Crippen LogP contribution in [-0.2, 0) is 6.18 Å². The van der Waals surface area contributed by atoms with Crippen LogP contribution >= 0.6 is 23.2 Å². The van der Waals surface area contributed by atoms with Gasteiger partial charge < -0.3 is 4.98 Å².